The van der Waals surface area contributed by atoms with Crippen molar-refractivity contribution in [3.8, 4) is 0 Å². The van der Waals surface area contributed by atoms with Crippen LogP contribution in [0.5, 0.6) is 0 Å². The Morgan fingerprint density at radius 1 is 1.37 bits per heavy atom. The number of nitrogens with zero attached hydrogens (tertiary/aromatic N) is 1. The van der Waals surface area contributed by atoms with Crippen molar-refractivity contribution >= 4 is 15.9 Å². The predicted molar refractivity (Wildman–Crippen MR) is 85.3 cm³/mol. The minimum absolute atomic E-state index is 0.370. The average molecular weight is 325 g/mol. The molecule has 0 spiro atoms. The molecule has 2 nitrogen and oxygen atoms in total. The first-order chi connectivity index (χ1) is 9.15. The number of likely N-dealkylation sites (tertiary alicyclic amines) is 1. The Labute approximate surface area is 125 Å². The molecule has 1 atom stereocenters. The number of hydrogen-bond donors (Lipinski definition) is 1. The Hall–Kier alpha value is -0.380. The molecule has 106 valence electrons. The molecule has 2 rings (SSSR count). The lowest BCUT2D eigenvalue weighted by Gasteiger charge is -2.37. The normalized spacial score (nSPS) is 19.6. The van der Waals surface area contributed by atoms with Gasteiger partial charge in [0.25, 0.3) is 0 Å². The molecular weight excluding hydrogens is 300 g/mol. The quantitative estimate of drug-likeness (QED) is 0.910. The Balaban J connectivity index is 2.09. The molecule has 1 unspecified atom stereocenters. The summed E-state index contributed by atoms with van der Waals surface area (Å²) in [5, 5.41) is 0. The van der Waals surface area contributed by atoms with Crippen LogP contribution < -0.4 is 5.73 Å². The molecule has 1 aromatic rings. The van der Waals surface area contributed by atoms with Crippen molar-refractivity contribution in [2.24, 2.45) is 11.7 Å². The van der Waals surface area contributed by atoms with Crippen LogP contribution in [0.25, 0.3) is 0 Å². The van der Waals surface area contributed by atoms with Gasteiger partial charge in [0.2, 0.25) is 0 Å². The number of hydrogen-bond acceptors (Lipinski definition) is 2. The third kappa shape index (κ3) is 3.59. The van der Waals surface area contributed by atoms with Gasteiger partial charge in [-0.1, -0.05) is 41.4 Å². The molecule has 0 amide bonds. The molecule has 2 N–H and O–H groups in total. The predicted octanol–water partition coefficient (Wildman–Crippen LogP) is 3.88. The Kier molecular flexibility index (Phi) is 5.43. The number of benzene rings is 1. The van der Waals surface area contributed by atoms with Crippen LogP contribution in [0.4, 0.5) is 0 Å². The summed E-state index contributed by atoms with van der Waals surface area (Å²) in [5.41, 5.74) is 8.66. The molecule has 1 aliphatic rings. The molecule has 0 saturated carbocycles. The number of aryl methyl sites for hydroxylation is 1. The summed E-state index contributed by atoms with van der Waals surface area (Å²) in [7, 11) is 0. The van der Waals surface area contributed by atoms with Gasteiger partial charge in [-0.3, -0.25) is 4.90 Å². The largest absolute Gasteiger partial charge is 0.329 e. The second-order valence-corrected chi connectivity index (χ2v) is 6.50. The van der Waals surface area contributed by atoms with Gasteiger partial charge in [0.1, 0.15) is 0 Å². The first kappa shape index (κ1) is 15.0. The van der Waals surface area contributed by atoms with E-state index in [1.807, 2.05) is 0 Å². The summed E-state index contributed by atoms with van der Waals surface area (Å²) in [6.45, 7) is 7.50. The maximum atomic E-state index is 6.03. The Morgan fingerprint density at radius 2 is 2.05 bits per heavy atom. The van der Waals surface area contributed by atoms with Gasteiger partial charge >= 0.3 is 0 Å². The topological polar surface area (TPSA) is 29.3 Å². The van der Waals surface area contributed by atoms with E-state index in [1.165, 1.54) is 48.0 Å². The van der Waals surface area contributed by atoms with E-state index in [0.717, 1.165) is 5.92 Å². The van der Waals surface area contributed by atoms with E-state index in [4.69, 9.17) is 5.73 Å². The molecule has 1 fully saturated rings. The third-order valence-electron chi connectivity index (χ3n) is 4.47. The molecule has 1 aliphatic heterocycles. The molecule has 0 aromatic heterocycles. The second kappa shape index (κ2) is 6.87. The fourth-order valence-corrected chi connectivity index (χ4v) is 3.38. The lowest BCUT2D eigenvalue weighted by molar-refractivity contribution is 0.134. The smallest absolute Gasteiger partial charge is 0.0470 e. The monoisotopic (exact) mass is 324 g/mol. The van der Waals surface area contributed by atoms with Crippen LogP contribution >= 0.6 is 15.9 Å². The van der Waals surface area contributed by atoms with Crippen molar-refractivity contribution in [1.29, 1.82) is 0 Å². The van der Waals surface area contributed by atoms with Crippen LogP contribution in [0.15, 0.2) is 22.7 Å². The minimum Gasteiger partial charge on any atom is -0.329 e. The first-order valence-electron chi connectivity index (χ1n) is 7.35. The van der Waals surface area contributed by atoms with Gasteiger partial charge in [-0.05, 0) is 56.0 Å². The van der Waals surface area contributed by atoms with Gasteiger partial charge in [0.15, 0.2) is 0 Å². The second-order valence-electron chi connectivity index (χ2n) is 5.65. The van der Waals surface area contributed by atoms with E-state index in [0.29, 0.717) is 12.6 Å². The van der Waals surface area contributed by atoms with Crippen molar-refractivity contribution < 1.29 is 0 Å². The standard InChI is InChI=1S/C16H25BrN2/c1-3-13-6-8-19(9-7-13)16(11-18)14-5-4-12(2)15(17)10-14/h4-5,10,13,16H,3,6-9,11,18H2,1-2H3. The maximum Gasteiger partial charge on any atom is 0.0470 e. The van der Waals surface area contributed by atoms with Crippen molar-refractivity contribution in [3.63, 3.8) is 0 Å². The zero-order valence-corrected chi connectivity index (χ0v) is 13.6. The van der Waals surface area contributed by atoms with E-state index in [-0.39, 0.29) is 0 Å². The van der Waals surface area contributed by atoms with Gasteiger partial charge in [0, 0.05) is 17.1 Å². The summed E-state index contributed by atoms with van der Waals surface area (Å²) in [6, 6.07) is 7.01. The molecule has 3 heteroatoms. The number of rotatable bonds is 4. The first-order valence-corrected chi connectivity index (χ1v) is 8.15. The van der Waals surface area contributed by atoms with Crippen LogP contribution in [0.1, 0.15) is 43.4 Å². The third-order valence-corrected chi connectivity index (χ3v) is 5.33. The van der Waals surface area contributed by atoms with E-state index in [1.54, 1.807) is 0 Å². The fraction of sp³-hybridized carbons (Fsp3) is 0.625. The van der Waals surface area contributed by atoms with Crippen molar-refractivity contribution in [2.45, 2.75) is 39.2 Å². The Morgan fingerprint density at radius 3 is 2.58 bits per heavy atom. The van der Waals surface area contributed by atoms with E-state index >= 15 is 0 Å². The number of piperidine rings is 1. The average Bonchev–Trinajstić information content (AvgIpc) is 2.44. The highest BCUT2D eigenvalue weighted by molar-refractivity contribution is 9.10. The van der Waals surface area contributed by atoms with Gasteiger partial charge in [-0.15, -0.1) is 0 Å². The van der Waals surface area contributed by atoms with Crippen LogP contribution in [0.2, 0.25) is 0 Å². The zero-order chi connectivity index (χ0) is 13.8. The van der Waals surface area contributed by atoms with E-state index in [9.17, 15) is 0 Å². The van der Waals surface area contributed by atoms with Gasteiger partial charge in [0.05, 0.1) is 0 Å². The van der Waals surface area contributed by atoms with Crippen molar-refractivity contribution in [3.05, 3.63) is 33.8 Å². The Bertz CT molecular complexity index is 411. The highest BCUT2D eigenvalue weighted by Gasteiger charge is 2.24. The fourth-order valence-electron chi connectivity index (χ4n) is 2.99. The van der Waals surface area contributed by atoms with Crippen LogP contribution in [0, 0.1) is 12.8 Å². The number of nitrogens with two attached hydrogens (primary N) is 1. The highest BCUT2D eigenvalue weighted by atomic mass is 79.9. The van der Waals surface area contributed by atoms with Crippen LogP contribution in [-0.2, 0) is 0 Å². The van der Waals surface area contributed by atoms with Crippen LogP contribution in [0.3, 0.4) is 0 Å². The van der Waals surface area contributed by atoms with Crippen LogP contribution in [-0.4, -0.2) is 24.5 Å². The summed E-state index contributed by atoms with van der Waals surface area (Å²) in [4.78, 5) is 2.56. The van der Waals surface area contributed by atoms with Crippen molar-refractivity contribution in [1.82, 2.24) is 4.90 Å². The SMILES string of the molecule is CCC1CCN(C(CN)c2ccc(C)c(Br)c2)CC1. The highest BCUT2D eigenvalue weighted by Crippen LogP contribution is 2.29. The molecule has 0 radical (unpaired) electrons. The summed E-state index contributed by atoms with van der Waals surface area (Å²) < 4.78 is 1.19. The van der Waals surface area contributed by atoms with Crippen molar-refractivity contribution in [2.75, 3.05) is 19.6 Å². The van der Waals surface area contributed by atoms with E-state index < -0.39 is 0 Å². The summed E-state index contributed by atoms with van der Waals surface area (Å²) in [6.07, 6.45) is 3.96. The van der Waals surface area contributed by atoms with Gasteiger partial charge < -0.3 is 5.73 Å². The maximum absolute atomic E-state index is 6.03. The molecule has 0 bridgehead atoms. The minimum atomic E-state index is 0.370. The summed E-state index contributed by atoms with van der Waals surface area (Å²) >= 11 is 3.63. The van der Waals surface area contributed by atoms with E-state index in [2.05, 4.69) is 52.9 Å². The van der Waals surface area contributed by atoms with Gasteiger partial charge in [-0.25, -0.2) is 0 Å². The molecule has 0 aliphatic carbocycles. The summed E-state index contributed by atoms with van der Waals surface area (Å²) in [5.74, 6) is 0.916. The molecule has 19 heavy (non-hydrogen) atoms. The lowest BCUT2D eigenvalue weighted by Crippen LogP contribution is -2.39. The van der Waals surface area contributed by atoms with Gasteiger partial charge in [-0.2, -0.15) is 0 Å². The lowest BCUT2D eigenvalue weighted by atomic mass is 9.92. The zero-order valence-electron chi connectivity index (χ0n) is 12.0. The molecule has 1 heterocycles. The molecule has 1 saturated heterocycles. The number of halogens is 1. The molecular formula is C16H25BrN2. The molecule has 1 aromatic carbocycles.